The van der Waals surface area contributed by atoms with E-state index < -0.39 is 0 Å². The van der Waals surface area contributed by atoms with Crippen molar-refractivity contribution in [2.24, 2.45) is 0 Å². The van der Waals surface area contributed by atoms with Crippen LogP contribution in [-0.4, -0.2) is 9.97 Å². The van der Waals surface area contributed by atoms with Gasteiger partial charge in [0.15, 0.2) is 0 Å². The number of rotatable bonds is 1. The van der Waals surface area contributed by atoms with E-state index in [4.69, 9.17) is 0 Å². The standard InChI is InChI=1S/C17H11FN2/c1-2-11-13-9-10(18)7-8-15(13)20-17-16(11)12-5-3-4-6-14(12)19-17/h2-9H,1H2,(H,19,20). The molecule has 0 radical (unpaired) electrons. The number of H-pyrrole nitrogens is 1. The fourth-order valence-electron chi connectivity index (χ4n) is 2.77. The summed E-state index contributed by atoms with van der Waals surface area (Å²) in [7, 11) is 0. The molecule has 0 aliphatic heterocycles. The Kier molecular flexibility index (Phi) is 2.18. The molecule has 0 aliphatic carbocycles. The molecule has 20 heavy (non-hydrogen) atoms. The van der Waals surface area contributed by atoms with Crippen LogP contribution in [0.1, 0.15) is 5.56 Å². The third kappa shape index (κ3) is 1.40. The highest BCUT2D eigenvalue weighted by atomic mass is 19.1. The average molecular weight is 262 g/mol. The summed E-state index contributed by atoms with van der Waals surface area (Å²) in [4.78, 5) is 7.90. The summed E-state index contributed by atoms with van der Waals surface area (Å²) in [5.74, 6) is -0.262. The largest absolute Gasteiger partial charge is 0.339 e. The first kappa shape index (κ1) is 11.2. The molecule has 1 N–H and O–H groups in total. The van der Waals surface area contributed by atoms with E-state index in [1.165, 1.54) is 12.1 Å². The molecule has 0 bridgehead atoms. The molecule has 0 atom stereocenters. The van der Waals surface area contributed by atoms with Crippen LogP contribution in [0, 0.1) is 5.82 Å². The molecule has 3 heteroatoms. The van der Waals surface area contributed by atoms with Crippen molar-refractivity contribution < 1.29 is 4.39 Å². The molecule has 0 spiro atoms. The summed E-state index contributed by atoms with van der Waals surface area (Å²) in [6.07, 6.45) is 1.77. The van der Waals surface area contributed by atoms with Crippen molar-refractivity contribution in [3.05, 3.63) is 60.4 Å². The molecule has 0 saturated heterocycles. The van der Waals surface area contributed by atoms with E-state index in [0.29, 0.717) is 0 Å². The molecule has 96 valence electrons. The fraction of sp³-hybridized carbons (Fsp3) is 0. The van der Waals surface area contributed by atoms with Crippen LogP contribution in [0.3, 0.4) is 0 Å². The Bertz CT molecular complexity index is 982. The van der Waals surface area contributed by atoms with Gasteiger partial charge in [0.25, 0.3) is 0 Å². The maximum absolute atomic E-state index is 13.5. The summed E-state index contributed by atoms with van der Waals surface area (Å²) < 4.78 is 13.5. The topological polar surface area (TPSA) is 28.7 Å². The Morgan fingerprint density at radius 3 is 2.80 bits per heavy atom. The third-order valence-corrected chi connectivity index (χ3v) is 3.64. The van der Waals surface area contributed by atoms with Crippen LogP contribution in [-0.2, 0) is 0 Å². The lowest BCUT2D eigenvalue weighted by Crippen LogP contribution is -1.87. The first-order valence-corrected chi connectivity index (χ1v) is 6.40. The number of aromatic nitrogens is 2. The Balaban J connectivity index is 2.33. The summed E-state index contributed by atoms with van der Waals surface area (Å²) in [5, 5.41) is 2.86. The number of pyridine rings is 1. The van der Waals surface area contributed by atoms with Gasteiger partial charge in [-0.25, -0.2) is 9.37 Å². The van der Waals surface area contributed by atoms with Crippen LogP contribution in [0.15, 0.2) is 49.0 Å². The maximum atomic E-state index is 13.5. The highest BCUT2D eigenvalue weighted by molar-refractivity contribution is 6.14. The van der Waals surface area contributed by atoms with Gasteiger partial charge in [-0.05, 0) is 29.8 Å². The molecule has 2 heterocycles. The molecule has 0 unspecified atom stereocenters. The van der Waals surface area contributed by atoms with Gasteiger partial charge >= 0.3 is 0 Å². The quantitative estimate of drug-likeness (QED) is 0.531. The highest BCUT2D eigenvalue weighted by Crippen LogP contribution is 2.32. The Morgan fingerprint density at radius 1 is 1.10 bits per heavy atom. The van der Waals surface area contributed by atoms with E-state index in [9.17, 15) is 4.39 Å². The lowest BCUT2D eigenvalue weighted by Gasteiger charge is -2.04. The van der Waals surface area contributed by atoms with Crippen LogP contribution in [0.25, 0.3) is 38.9 Å². The second-order valence-electron chi connectivity index (χ2n) is 4.79. The highest BCUT2D eigenvalue weighted by Gasteiger charge is 2.12. The van der Waals surface area contributed by atoms with Gasteiger partial charge in [0.1, 0.15) is 11.5 Å². The van der Waals surface area contributed by atoms with E-state index in [2.05, 4.69) is 16.5 Å². The van der Waals surface area contributed by atoms with E-state index in [-0.39, 0.29) is 5.82 Å². The summed E-state index contributed by atoms with van der Waals surface area (Å²) in [5.41, 5.74) is 3.51. The van der Waals surface area contributed by atoms with Crippen LogP contribution < -0.4 is 0 Å². The molecule has 2 nitrogen and oxygen atoms in total. The smallest absolute Gasteiger partial charge is 0.139 e. The maximum Gasteiger partial charge on any atom is 0.139 e. The minimum atomic E-state index is -0.262. The van der Waals surface area contributed by atoms with Gasteiger partial charge in [-0.2, -0.15) is 0 Å². The van der Waals surface area contributed by atoms with Crippen molar-refractivity contribution in [2.45, 2.75) is 0 Å². The van der Waals surface area contributed by atoms with Gasteiger partial charge in [0.2, 0.25) is 0 Å². The molecule has 0 fully saturated rings. The number of hydrogen-bond donors (Lipinski definition) is 1. The molecular formula is C17H11FN2. The predicted molar refractivity (Wildman–Crippen MR) is 81.2 cm³/mol. The molecule has 2 aromatic carbocycles. The normalized spacial score (nSPS) is 11.4. The number of nitrogens with zero attached hydrogens (tertiary/aromatic N) is 1. The second-order valence-corrected chi connectivity index (χ2v) is 4.79. The van der Waals surface area contributed by atoms with E-state index in [0.717, 1.165) is 38.4 Å². The average Bonchev–Trinajstić information content (AvgIpc) is 2.83. The summed E-state index contributed by atoms with van der Waals surface area (Å²) in [6.45, 7) is 3.88. The number of para-hydroxylation sites is 1. The number of nitrogens with one attached hydrogen (secondary N) is 1. The molecule has 4 aromatic rings. The van der Waals surface area contributed by atoms with Crippen LogP contribution in [0.2, 0.25) is 0 Å². The Hall–Kier alpha value is -2.68. The third-order valence-electron chi connectivity index (χ3n) is 3.64. The van der Waals surface area contributed by atoms with Gasteiger partial charge in [-0.3, -0.25) is 0 Å². The van der Waals surface area contributed by atoms with Crippen molar-refractivity contribution in [3.63, 3.8) is 0 Å². The van der Waals surface area contributed by atoms with Crippen LogP contribution in [0.4, 0.5) is 4.39 Å². The SMILES string of the molecule is C=Cc1c2cc(F)ccc2nc2[nH]c3ccccc3c12. The van der Waals surface area contributed by atoms with Gasteiger partial charge in [0, 0.05) is 21.7 Å². The lowest BCUT2D eigenvalue weighted by molar-refractivity contribution is 0.629. The van der Waals surface area contributed by atoms with Crippen molar-refractivity contribution in [2.75, 3.05) is 0 Å². The monoisotopic (exact) mass is 262 g/mol. The minimum absolute atomic E-state index is 0.262. The van der Waals surface area contributed by atoms with Gasteiger partial charge in [-0.15, -0.1) is 0 Å². The number of benzene rings is 2. The van der Waals surface area contributed by atoms with Crippen molar-refractivity contribution in [3.8, 4) is 0 Å². The van der Waals surface area contributed by atoms with Crippen molar-refractivity contribution in [1.29, 1.82) is 0 Å². The van der Waals surface area contributed by atoms with E-state index in [1.807, 2.05) is 24.3 Å². The molecular weight excluding hydrogens is 251 g/mol. The second kappa shape index (κ2) is 3.90. The molecule has 2 aromatic heterocycles. The summed E-state index contributed by atoms with van der Waals surface area (Å²) in [6, 6.07) is 12.6. The van der Waals surface area contributed by atoms with Crippen LogP contribution in [0.5, 0.6) is 0 Å². The first-order chi connectivity index (χ1) is 9.78. The van der Waals surface area contributed by atoms with E-state index in [1.54, 1.807) is 12.1 Å². The molecule has 4 rings (SSSR count). The van der Waals surface area contributed by atoms with Gasteiger partial charge in [0.05, 0.1) is 5.52 Å². The zero-order chi connectivity index (χ0) is 13.7. The Labute approximate surface area is 114 Å². The fourth-order valence-corrected chi connectivity index (χ4v) is 2.77. The number of hydrogen-bond acceptors (Lipinski definition) is 1. The molecule has 0 saturated carbocycles. The minimum Gasteiger partial charge on any atom is -0.339 e. The van der Waals surface area contributed by atoms with Gasteiger partial charge < -0.3 is 4.98 Å². The molecule has 0 aliphatic rings. The lowest BCUT2D eigenvalue weighted by atomic mass is 10.0. The first-order valence-electron chi connectivity index (χ1n) is 6.40. The zero-order valence-corrected chi connectivity index (χ0v) is 10.7. The number of halogens is 1. The zero-order valence-electron chi connectivity index (χ0n) is 10.7. The van der Waals surface area contributed by atoms with Crippen molar-refractivity contribution >= 4 is 38.9 Å². The Morgan fingerprint density at radius 2 is 1.95 bits per heavy atom. The van der Waals surface area contributed by atoms with Gasteiger partial charge in [-0.1, -0.05) is 30.9 Å². The number of fused-ring (bicyclic) bond motifs is 4. The predicted octanol–water partition coefficient (Wildman–Crippen LogP) is 4.65. The van der Waals surface area contributed by atoms with Crippen molar-refractivity contribution in [1.82, 2.24) is 9.97 Å². The molecule has 0 amide bonds. The summed E-state index contributed by atoms with van der Waals surface area (Å²) >= 11 is 0. The number of aromatic amines is 1. The van der Waals surface area contributed by atoms with E-state index >= 15 is 0 Å². The van der Waals surface area contributed by atoms with Crippen LogP contribution >= 0.6 is 0 Å².